The molecule has 0 saturated carbocycles. The quantitative estimate of drug-likeness (QED) is 0.558. The van der Waals surface area contributed by atoms with Crippen LogP contribution in [0.2, 0.25) is 0 Å². The molecule has 148 valence electrons. The van der Waals surface area contributed by atoms with Crippen molar-refractivity contribution < 1.29 is 47.2 Å². The maximum atomic E-state index is 11.5. The van der Waals surface area contributed by atoms with Gasteiger partial charge < -0.3 is 30.2 Å². The normalized spacial score (nSPS) is 12.0. The fourth-order valence-electron chi connectivity index (χ4n) is 1.93. The van der Waals surface area contributed by atoms with Gasteiger partial charge in [0, 0.05) is 18.2 Å². The van der Waals surface area contributed by atoms with E-state index in [1.54, 1.807) is 0 Å². The first-order valence-corrected chi connectivity index (χ1v) is 6.99. The van der Waals surface area contributed by atoms with Gasteiger partial charge in [-0.05, 0) is 12.0 Å². The number of aliphatic carboxylic acids is 2. The van der Waals surface area contributed by atoms with Crippen molar-refractivity contribution in [2.45, 2.75) is 18.6 Å². The first kappa shape index (κ1) is 21.8. The van der Waals surface area contributed by atoms with E-state index in [4.69, 9.17) is 29.9 Å². The number of hydrogen-bond acceptors (Lipinski definition) is 7. The lowest BCUT2D eigenvalue weighted by Crippen LogP contribution is -2.32. The molecule has 0 bridgehead atoms. The molecule has 1 aromatic carbocycles. The maximum absolute atomic E-state index is 11.5. The highest BCUT2D eigenvalue weighted by atomic mass is 19.4. The number of methoxy groups -OCH3 is 1. The van der Waals surface area contributed by atoms with Gasteiger partial charge in [0.25, 0.3) is 0 Å². The van der Waals surface area contributed by atoms with Crippen molar-refractivity contribution in [3.8, 4) is 11.5 Å². The summed E-state index contributed by atoms with van der Waals surface area (Å²) in [7, 11) is 1.41. The number of rotatable bonds is 4. The van der Waals surface area contributed by atoms with Gasteiger partial charge in [-0.15, -0.1) is 0 Å². The molecule has 1 unspecified atom stereocenters. The van der Waals surface area contributed by atoms with Crippen molar-refractivity contribution in [3.63, 3.8) is 0 Å². The van der Waals surface area contributed by atoms with Gasteiger partial charge in [-0.3, -0.25) is 4.79 Å². The van der Waals surface area contributed by atoms with Gasteiger partial charge in [-0.1, -0.05) is 0 Å². The van der Waals surface area contributed by atoms with Crippen molar-refractivity contribution in [2.24, 2.45) is 5.73 Å². The molecule has 0 spiro atoms. The highest BCUT2D eigenvalue weighted by molar-refractivity contribution is 5.88. The maximum Gasteiger partial charge on any atom is 0.490 e. The molecule has 1 atom stereocenters. The number of phenols is 1. The zero-order valence-electron chi connectivity index (χ0n) is 13.6. The summed E-state index contributed by atoms with van der Waals surface area (Å²) >= 11 is 0. The molecule has 2 rings (SSSR count). The lowest BCUT2D eigenvalue weighted by Gasteiger charge is -2.11. The van der Waals surface area contributed by atoms with Gasteiger partial charge in [0.2, 0.25) is 0 Å². The Kier molecular flexibility index (Phi) is 6.77. The number of carboxylic acids is 2. The van der Waals surface area contributed by atoms with E-state index < -0.39 is 29.8 Å². The van der Waals surface area contributed by atoms with E-state index in [1.165, 1.54) is 19.2 Å². The molecule has 9 nitrogen and oxygen atoms in total. The highest BCUT2D eigenvalue weighted by Gasteiger charge is 2.38. The van der Waals surface area contributed by atoms with Crippen LogP contribution >= 0.6 is 0 Å². The molecule has 1 aromatic heterocycles. The van der Waals surface area contributed by atoms with Gasteiger partial charge in [-0.2, -0.15) is 13.2 Å². The van der Waals surface area contributed by atoms with Crippen LogP contribution in [0.3, 0.4) is 0 Å². The topological polar surface area (TPSA) is 160 Å². The van der Waals surface area contributed by atoms with E-state index in [9.17, 15) is 27.9 Å². The third-order valence-electron chi connectivity index (χ3n) is 3.11. The number of halogens is 3. The van der Waals surface area contributed by atoms with Crippen molar-refractivity contribution in [2.75, 3.05) is 7.11 Å². The first-order chi connectivity index (χ1) is 12.4. The Morgan fingerprint density at radius 3 is 2.26 bits per heavy atom. The highest BCUT2D eigenvalue weighted by Crippen LogP contribution is 2.32. The Balaban J connectivity index is 0.000000445. The average Bonchev–Trinajstić information content (AvgIpc) is 2.53. The number of benzene rings is 1. The monoisotopic (exact) mass is 393 g/mol. The number of carboxylic acid groups (broad SMARTS) is 2. The molecule has 27 heavy (non-hydrogen) atoms. The van der Waals surface area contributed by atoms with Gasteiger partial charge >= 0.3 is 23.7 Å². The Labute approximate surface area is 148 Å². The number of nitrogens with two attached hydrogens (primary N) is 1. The summed E-state index contributed by atoms with van der Waals surface area (Å²) in [4.78, 5) is 31.2. The number of phenolic OH excluding ortho intramolecular Hbond substituents is 1. The number of fused-ring (bicyclic) bond motifs is 1. The van der Waals surface area contributed by atoms with Gasteiger partial charge in [-0.25, -0.2) is 9.59 Å². The minimum atomic E-state index is -5.08. The van der Waals surface area contributed by atoms with Crippen LogP contribution in [0.4, 0.5) is 13.2 Å². The van der Waals surface area contributed by atoms with E-state index in [-0.39, 0.29) is 23.1 Å². The third-order valence-corrected chi connectivity index (χ3v) is 3.11. The van der Waals surface area contributed by atoms with E-state index in [0.717, 1.165) is 6.07 Å². The van der Waals surface area contributed by atoms with Crippen LogP contribution in [0.25, 0.3) is 11.0 Å². The molecule has 5 N–H and O–H groups in total. The molecule has 0 aliphatic heterocycles. The third kappa shape index (κ3) is 5.88. The predicted octanol–water partition coefficient (Wildman–Crippen LogP) is 1.09. The van der Waals surface area contributed by atoms with Crippen molar-refractivity contribution in [1.29, 1.82) is 0 Å². The summed E-state index contributed by atoms with van der Waals surface area (Å²) in [5.41, 5.74) is 5.23. The summed E-state index contributed by atoms with van der Waals surface area (Å²) < 4.78 is 41.7. The van der Waals surface area contributed by atoms with Gasteiger partial charge in [0.1, 0.15) is 23.1 Å². The predicted molar refractivity (Wildman–Crippen MR) is 83.7 cm³/mol. The summed E-state index contributed by atoms with van der Waals surface area (Å²) in [6.45, 7) is 0. The minimum Gasteiger partial charge on any atom is -0.507 e. The SMILES string of the molecule is COc1cc(O)c2c(CC(N)C(=O)O)cc(=O)oc2c1.O=C(O)C(F)(F)F. The second-order valence-electron chi connectivity index (χ2n) is 5.06. The molecular formula is C15H14F3NO8. The first-order valence-electron chi connectivity index (χ1n) is 6.99. The van der Waals surface area contributed by atoms with Crippen molar-refractivity contribution >= 4 is 22.9 Å². The second kappa shape index (κ2) is 8.40. The fourth-order valence-corrected chi connectivity index (χ4v) is 1.93. The van der Waals surface area contributed by atoms with E-state index in [2.05, 4.69) is 0 Å². The van der Waals surface area contributed by atoms with Crippen LogP contribution in [-0.4, -0.2) is 46.6 Å². The van der Waals surface area contributed by atoms with Crippen LogP contribution in [0.15, 0.2) is 27.4 Å². The Morgan fingerprint density at radius 1 is 1.26 bits per heavy atom. The molecule has 1 heterocycles. The van der Waals surface area contributed by atoms with Gasteiger partial charge in [0.05, 0.1) is 12.5 Å². The fraction of sp³-hybridized carbons (Fsp3) is 0.267. The number of hydrogen-bond donors (Lipinski definition) is 4. The molecule has 2 aromatic rings. The van der Waals surface area contributed by atoms with E-state index in [1.807, 2.05) is 0 Å². The molecule has 0 saturated heterocycles. The molecule has 0 radical (unpaired) electrons. The second-order valence-corrected chi connectivity index (χ2v) is 5.06. The molecule has 12 heteroatoms. The Hall–Kier alpha value is -3.28. The number of aromatic hydroxyl groups is 1. The van der Waals surface area contributed by atoms with Crippen LogP contribution in [0.1, 0.15) is 5.56 Å². The largest absolute Gasteiger partial charge is 0.507 e. The molecule has 0 aliphatic carbocycles. The van der Waals surface area contributed by atoms with E-state index in [0.29, 0.717) is 11.3 Å². The van der Waals surface area contributed by atoms with Crippen LogP contribution in [-0.2, 0) is 16.0 Å². The standard InChI is InChI=1S/C13H13NO6.C2HF3O2/c1-19-7-4-9(15)12-6(2-8(14)13(17)18)3-11(16)20-10(12)5-7;3-2(4,5)1(6)7/h3-5,8,15H,2,14H2,1H3,(H,17,18);(H,6,7). The van der Waals surface area contributed by atoms with Gasteiger partial charge in [0.15, 0.2) is 0 Å². The average molecular weight is 393 g/mol. The van der Waals surface area contributed by atoms with Crippen molar-refractivity contribution in [3.05, 3.63) is 34.2 Å². The summed E-state index contributed by atoms with van der Waals surface area (Å²) in [6, 6.07) is 2.73. The molecule has 0 aliphatic rings. The summed E-state index contributed by atoms with van der Waals surface area (Å²) in [5, 5.41) is 26.2. The number of carbonyl (C=O) groups is 2. The van der Waals surface area contributed by atoms with Crippen LogP contribution < -0.4 is 16.1 Å². The van der Waals surface area contributed by atoms with E-state index >= 15 is 0 Å². The zero-order chi connectivity index (χ0) is 20.9. The Bertz CT molecular complexity index is 906. The molecular weight excluding hydrogens is 379 g/mol. The molecule has 0 fully saturated rings. The lowest BCUT2D eigenvalue weighted by atomic mass is 10.0. The summed E-state index contributed by atoms with van der Waals surface area (Å²) in [6.07, 6.45) is -5.18. The number of alkyl halides is 3. The Morgan fingerprint density at radius 2 is 1.81 bits per heavy atom. The zero-order valence-corrected chi connectivity index (χ0v) is 13.6. The van der Waals surface area contributed by atoms with Crippen LogP contribution in [0, 0.1) is 0 Å². The molecule has 0 amide bonds. The summed E-state index contributed by atoms with van der Waals surface area (Å²) in [5.74, 6) is -3.81. The van der Waals surface area contributed by atoms with Crippen LogP contribution in [0.5, 0.6) is 11.5 Å². The number of ether oxygens (including phenoxy) is 1. The van der Waals surface area contributed by atoms with Crippen molar-refractivity contribution in [1.82, 2.24) is 0 Å². The lowest BCUT2D eigenvalue weighted by molar-refractivity contribution is -0.192. The smallest absolute Gasteiger partial charge is 0.490 e. The minimum absolute atomic E-state index is 0.0999.